The maximum Gasteiger partial charge on any atom is 0.332 e. The summed E-state index contributed by atoms with van der Waals surface area (Å²) >= 11 is 0. The zero-order valence-electron chi connectivity index (χ0n) is 18.1. The normalized spacial score (nSPS) is 15.2. The summed E-state index contributed by atoms with van der Waals surface area (Å²) in [5.41, 5.74) is 0.747. The summed E-state index contributed by atoms with van der Waals surface area (Å²) in [4.78, 5) is 23.6. The number of ether oxygens (including phenoxy) is 2. The first-order chi connectivity index (χ1) is 14.1. The van der Waals surface area contributed by atoms with E-state index in [1.807, 2.05) is 0 Å². The third-order valence-electron chi connectivity index (χ3n) is 3.86. The van der Waals surface area contributed by atoms with Gasteiger partial charge in [0.15, 0.2) is 5.65 Å². The van der Waals surface area contributed by atoms with Crippen LogP contribution in [0.1, 0.15) is 13.7 Å². The Morgan fingerprint density at radius 2 is 2.08 bits per heavy atom. The molecule has 1 N–H and O–H groups in total. The van der Waals surface area contributed by atoms with Gasteiger partial charge in [0.05, 0.1) is 27.6 Å². The number of hydrogen-bond donors (Lipinski definition) is 1. The number of imidazole rings is 1. The molecule has 7 heteroatoms. The van der Waals surface area contributed by atoms with Gasteiger partial charge < -0.3 is 9.47 Å². The molecule has 0 radical (unpaired) electrons. The van der Waals surface area contributed by atoms with Crippen LogP contribution < -0.4 is 15.2 Å². The number of aromatic amines is 1. The summed E-state index contributed by atoms with van der Waals surface area (Å²) in [6.07, 6.45) is 2.90. The minimum atomic E-state index is -3.04. The molecule has 0 bridgehead atoms. The Morgan fingerprint density at radius 3 is 2.92 bits per heavy atom. The number of fused-ring (bicyclic) bond motifs is 2. The SMILES string of the molecule is [2H]C([2H])([2H])C([2H])([2H])Oc1ccnc2[nH]c(=O)n(-c3ccc4nccc(OC)c4c3)c12. The maximum absolute atomic E-state index is 12.7. The lowest BCUT2D eigenvalue weighted by Gasteiger charge is -2.10. The molecule has 0 spiro atoms. The van der Waals surface area contributed by atoms with E-state index in [1.165, 1.54) is 23.9 Å². The predicted octanol–water partition coefficient (Wildman–Crippen LogP) is 2.67. The average Bonchev–Trinajstić information content (AvgIpc) is 3.02. The Hall–Kier alpha value is -3.35. The first-order valence-corrected chi connectivity index (χ1v) is 7.34. The summed E-state index contributed by atoms with van der Waals surface area (Å²) in [7, 11) is 1.52. The van der Waals surface area contributed by atoms with Crippen LogP contribution in [0.5, 0.6) is 11.5 Å². The Morgan fingerprint density at radius 1 is 1.24 bits per heavy atom. The van der Waals surface area contributed by atoms with Gasteiger partial charge in [0.2, 0.25) is 0 Å². The number of benzene rings is 1. The minimum absolute atomic E-state index is 0.109. The second kappa shape index (κ2) is 5.94. The zero-order chi connectivity index (χ0) is 21.7. The highest BCUT2D eigenvalue weighted by Crippen LogP contribution is 2.29. The van der Waals surface area contributed by atoms with Gasteiger partial charge in [0.25, 0.3) is 0 Å². The number of rotatable bonds is 4. The standard InChI is InChI=1S/C18H16N4O3/c1-3-25-15-7-9-20-17-16(15)22(18(23)21-17)11-4-5-13-12(10-11)14(24-2)6-8-19-13/h4-10H,3H2,1-2H3,(H,20,21,23)/i1D3,3D2. The summed E-state index contributed by atoms with van der Waals surface area (Å²) in [5, 5.41) is 0.655. The quantitative estimate of drug-likeness (QED) is 0.617. The number of pyridine rings is 2. The van der Waals surface area contributed by atoms with Gasteiger partial charge in [-0.2, -0.15) is 0 Å². The number of nitrogens with zero attached hydrogens (tertiary/aromatic N) is 3. The molecule has 4 aromatic rings. The van der Waals surface area contributed by atoms with Gasteiger partial charge in [-0.05, 0) is 31.1 Å². The fourth-order valence-electron chi connectivity index (χ4n) is 2.81. The van der Waals surface area contributed by atoms with Crippen LogP contribution in [0, 0.1) is 0 Å². The van der Waals surface area contributed by atoms with E-state index in [0.29, 0.717) is 22.3 Å². The molecule has 0 amide bonds. The molecular weight excluding hydrogens is 320 g/mol. The fourth-order valence-corrected chi connectivity index (χ4v) is 2.81. The lowest BCUT2D eigenvalue weighted by Crippen LogP contribution is -2.15. The van der Waals surface area contributed by atoms with Gasteiger partial charge in [-0.15, -0.1) is 0 Å². The molecule has 0 aliphatic carbocycles. The smallest absolute Gasteiger partial charge is 0.332 e. The van der Waals surface area contributed by atoms with Crippen molar-refractivity contribution < 1.29 is 16.3 Å². The average molecular weight is 341 g/mol. The van der Waals surface area contributed by atoms with Crippen molar-refractivity contribution in [1.29, 1.82) is 0 Å². The molecular formula is C18H16N4O3. The number of aromatic nitrogens is 4. The van der Waals surface area contributed by atoms with E-state index in [4.69, 9.17) is 16.3 Å². The molecule has 7 nitrogen and oxygen atoms in total. The predicted molar refractivity (Wildman–Crippen MR) is 94.7 cm³/mol. The van der Waals surface area contributed by atoms with E-state index in [9.17, 15) is 4.79 Å². The van der Waals surface area contributed by atoms with Crippen molar-refractivity contribution in [1.82, 2.24) is 19.5 Å². The molecule has 0 aliphatic heterocycles. The second-order valence-electron chi connectivity index (χ2n) is 5.19. The van der Waals surface area contributed by atoms with Crippen LogP contribution >= 0.6 is 0 Å². The number of methoxy groups -OCH3 is 1. The van der Waals surface area contributed by atoms with Crippen molar-refractivity contribution >= 4 is 22.1 Å². The molecule has 0 aliphatic rings. The third-order valence-corrected chi connectivity index (χ3v) is 3.86. The number of hydrogen-bond acceptors (Lipinski definition) is 5. The molecule has 1 aromatic carbocycles. The van der Waals surface area contributed by atoms with Crippen LogP contribution in [0.4, 0.5) is 0 Å². The lowest BCUT2D eigenvalue weighted by molar-refractivity contribution is 0.343. The van der Waals surface area contributed by atoms with Crippen LogP contribution in [-0.2, 0) is 0 Å². The van der Waals surface area contributed by atoms with Gasteiger partial charge in [0.1, 0.15) is 17.0 Å². The van der Waals surface area contributed by atoms with Crippen LogP contribution in [0.3, 0.4) is 0 Å². The monoisotopic (exact) mass is 341 g/mol. The molecule has 4 rings (SSSR count). The minimum Gasteiger partial charge on any atom is -0.496 e. The summed E-state index contributed by atoms with van der Waals surface area (Å²) in [6, 6.07) is 8.03. The molecule has 0 saturated heterocycles. The molecule has 25 heavy (non-hydrogen) atoms. The molecule has 0 fully saturated rings. The maximum atomic E-state index is 12.7. The van der Waals surface area contributed by atoms with Crippen molar-refractivity contribution in [3.05, 3.63) is 53.2 Å². The van der Waals surface area contributed by atoms with Crippen molar-refractivity contribution in [2.75, 3.05) is 13.7 Å². The molecule has 0 unspecified atom stereocenters. The topological polar surface area (TPSA) is 82.0 Å². The van der Waals surface area contributed by atoms with E-state index >= 15 is 0 Å². The Balaban J connectivity index is 1.95. The Kier molecular flexibility index (Phi) is 2.49. The van der Waals surface area contributed by atoms with Gasteiger partial charge in [-0.3, -0.25) is 14.5 Å². The molecule has 126 valence electrons. The van der Waals surface area contributed by atoms with Gasteiger partial charge >= 0.3 is 5.69 Å². The van der Waals surface area contributed by atoms with Crippen LogP contribution in [-0.4, -0.2) is 33.2 Å². The van der Waals surface area contributed by atoms with E-state index < -0.39 is 19.1 Å². The van der Waals surface area contributed by atoms with Crippen molar-refractivity contribution in [3.8, 4) is 17.2 Å². The van der Waals surface area contributed by atoms with Gasteiger partial charge in [0, 0.05) is 28.0 Å². The molecule has 0 atom stereocenters. The van der Waals surface area contributed by atoms with Crippen LogP contribution in [0.25, 0.3) is 27.8 Å². The highest BCUT2D eigenvalue weighted by Gasteiger charge is 2.15. The second-order valence-corrected chi connectivity index (χ2v) is 5.19. The van der Waals surface area contributed by atoms with E-state index in [-0.39, 0.29) is 16.9 Å². The van der Waals surface area contributed by atoms with Crippen LogP contribution in [0.2, 0.25) is 0 Å². The van der Waals surface area contributed by atoms with E-state index in [1.54, 1.807) is 30.5 Å². The zero-order valence-corrected chi connectivity index (χ0v) is 13.1. The molecule has 3 aromatic heterocycles. The van der Waals surface area contributed by atoms with E-state index in [0.717, 1.165) is 0 Å². The third kappa shape index (κ3) is 2.40. The number of H-pyrrole nitrogens is 1. The molecule has 3 heterocycles. The van der Waals surface area contributed by atoms with Crippen molar-refractivity contribution in [3.63, 3.8) is 0 Å². The highest BCUT2D eigenvalue weighted by atomic mass is 16.5. The van der Waals surface area contributed by atoms with Crippen molar-refractivity contribution in [2.45, 2.75) is 6.85 Å². The van der Waals surface area contributed by atoms with E-state index in [2.05, 4.69) is 15.0 Å². The highest BCUT2D eigenvalue weighted by molar-refractivity contribution is 5.88. The lowest BCUT2D eigenvalue weighted by atomic mass is 10.2. The largest absolute Gasteiger partial charge is 0.496 e. The van der Waals surface area contributed by atoms with Gasteiger partial charge in [-0.25, -0.2) is 9.78 Å². The first kappa shape index (κ1) is 10.5. The summed E-state index contributed by atoms with van der Waals surface area (Å²) in [6.45, 7) is -6.01. The summed E-state index contributed by atoms with van der Waals surface area (Å²) < 4.78 is 49.5. The fraction of sp³-hybridized carbons (Fsp3) is 0.167. The molecule has 0 saturated carbocycles. The summed E-state index contributed by atoms with van der Waals surface area (Å²) in [5.74, 6) is 0.417. The Labute approximate surface area is 149 Å². The van der Waals surface area contributed by atoms with Crippen LogP contribution in [0.15, 0.2) is 47.5 Å². The van der Waals surface area contributed by atoms with Gasteiger partial charge in [-0.1, -0.05) is 0 Å². The first-order valence-electron chi connectivity index (χ1n) is 9.84. The number of nitrogens with one attached hydrogen (secondary N) is 1. The Bertz CT molecular complexity index is 1310. The van der Waals surface area contributed by atoms with Crippen molar-refractivity contribution in [2.24, 2.45) is 0 Å².